The van der Waals surface area contributed by atoms with E-state index in [0.717, 1.165) is 31.4 Å². The molecule has 0 aliphatic heterocycles. The minimum atomic E-state index is 0.131. The van der Waals surface area contributed by atoms with E-state index in [-0.39, 0.29) is 5.41 Å². The second-order valence-corrected chi connectivity index (χ2v) is 5.92. The minimum absolute atomic E-state index is 0.131. The van der Waals surface area contributed by atoms with Gasteiger partial charge in [-0.1, -0.05) is 26.7 Å². The van der Waals surface area contributed by atoms with Gasteiger partial charge in [0.05, 0.1) is 11.2 Å². The van der Waals surface area contributed by atoms with Crippen LogP contribution in [0.5, 0.6) is 0 Å². The molecule has 0 aromatic carbocycles. The Hall–Kier alpha value is -0.410. The van der Waals surface area contributed by atoms with Crippen LogP contribution in [0.1, 0.15) is 56.5 Å². The number of hydrogen-bond donors (Lipinski definition) is 1. The molecule has 0 saturated carbocycles. The minimum Gasteiger partial charge on any atom is -0.396 e. The van der Waals surface area contributed by atoms with E-state index in [4.69, 9.17) is 0 Å². The SMILES string of the molecule is CCCCC(CC)(CO)CCc1scnc1C. The molecule has 1 atom stereocenters. The van der Waals surface area contributed by atoms with Gasteiger partial charge in [-0.3, -0.25) is 0 Å². The lowest BCUT2D eigenvalue weighted by Crippen LogP contribution is -2.25. The predicted octanol–water partition coefficient (Wildman–Crippen LogP) is 3.96. The summed E-state index contributed by atoms with van der Waals surface area (Å²) in [6, 6.07) is 0. The molecular weight excluding hydrogens is 230 g/mol. The maximum atomic E-state index is 9.69. The number of aliphatic hydroxyl groups excluding tert-OH is 1. The van der Waals surface area contributed by atoms with E-state index in [1.807, 2.05) is 5.51 Å². The molecule has 0 bridgehead atoms. The van der Waals surface area contributed by atoms with Gasteiger partial charge in [0.15, 0.2) is 0 Å². The summed E-state index contributed by atoms with van der Waals surface area (Å²) in [7, 11) is 0. The van der Waals surface area contributed by atoms with Crippen LogP contribution in [0.15, 0.2) is 5.51 Å². The number of rotatable bonds is 8. The van der Waals surface area contributed by atoms with Crippen molar-refractivity contribution in [3.63, 3.8) is 0 Å². The predicted molar refractivity (Wildman–Crippen MR) is 74.5 cm³/mol. The van der Waals surface area contributed by atoms with Crippen LogP contribution in [0, 0.1) is 12.3 Å². The first-order chi connectivity index (χ1) is 8.17. The summed E-state index contributed by atoms with van der Waals surface area (Å²) in [6.07, 6.45) is 6.80. The highest BCUT2D eigenvalue weighted by Gasteiger charge is 2.26. The molecule has 0 radical (unpaired) electrons. The number of aromatic nitrogens is 1. The zero-order valence-electron chi connectivity index (χ0n) is 11.3. The lowest BCUT2D eigenvalue weighted by Gasteiger charge is -2.30. The van der Waals surface area contributed by atoms with Gasteiger partial charge >= 0.3 is 0 Å². The highest BCUT2D eigenvalue weighted by Crippen LogP contribution is 2.34. The second-order valence-electron chi connectivity index (χ2n) is 4.98. The summed E-state index contributed by atoms with van der Waals surface area (Å²) < 4.78 is 0. The highest BCUT2D eigenvalue weighted by atomic mass is 32.1. The molecule has 98 valence electrons. The molecule has 1 unspecified atom stereocenters. The third kappa shape index (κ3) is 4.07. The van der Waals surface area contributed by atoms with Crippen LogP contribution in [-0.4, -0.2) is 16.7 Å². The van der Waals surface area contributed by atoms with Crippen molar-refractivity contribution in [3.05, 3.63) is 16.1 Å². The van der Waals surface area contributed by atoms with Crippen LogP contribution in [-0.2, 0) is 6.42 Å². The van der Waals surface area contributed by atoms with Crippen molar-refractivity contribution in [1.29, 1.82) is 0 Å². The molecule has 0 saturated heterocycles. The summed E-state index contributed by atoms with van der Waals surface area (Å²) in [5, 5.41) is 9.69. The number of nitrogens with zero attached hydrogens (tertiary/aromatic N) is 1. The first-order valence-electron chi connectivity index (χ1n) is 6.67. The van der Waals surface area contributed by atoms with Crippen LogP contribution in [0.2, 0.25) is 0 Å². The molecular formula is C14H25NOS. The standard InChI is InChI=1S/C14H25NOS/c1-4-6-8-14(5-2,10-16)9-7-13-12(3)15-11-17-13/h11,16H,4-10H2,1-3H3. The van der Waals surface area contributed by atoms with Crippen molar-refractivity contribution in [2.75, 3.05) is 6.61 Å². The molecule has 1 aromatic rings. The van der Waals surface area contributed by atoms with Crippen LogP contribution < -0.4 is 0 Å². The Balaban J connectivity index is 2.57. The quantitative estimate of drug-likeness (QED) is 0.762. The monoisotopic (exact) mass is 255 g/mol. The lowest BCUT2D eigenvalue weighted by molar-refractivity contribution is 0.0980. The van der Waals surface area contributed by atoms with E-state index in [1.54, 1.807) is 11.3 Å². The Labute approximate surface area is 109 Å². The Morgan fingerprint density at radius 1 is 1.35 bits per heavy atom. The van der Waals surface area contributed by atoms with Crippen molar-refractivity contribution in [2.24, 2.45) is 5.41 Å². The smallest absolute Gasteiger partial charge is 0.0797 e. The summed E-state index contributed by atoms with van der Waals surface area (Å²) in [5.41, 5.74) is 3.21. The van der Waals surface area contributed by atoms with Crippen LogP contribution in [0.3, 0.4) is 0 Å². The van der Waals surface area contributed by atoms with Gasteiger partial charge in [0, 0.05) is 11.5 Å². The molecule has 1 aromatic heterocycles. The molecule has 2 nitrogen and oxygen atoms in total. The maximum absolute atomic E-state index is 9.69. The topological polar surface area (TPSA) is 33.1 Å². The van der Waals surface area contributed by atoms with Gasteiger partial charge < -0.3 is 5.11 Å². The number of aryl methyl sites for hydroxylation is 2. The average Bonchev–Trinajstić information content (AvgIpc) is 2.76. The van der Waals surface area contributed by atoms with E-state index < -0.39 is 0 Å². The Morgan fingerprint density at radius 2 is 2.12 bits per heavy atom. The second kappa shape index (κ2) is 7.12. The first kappa shape index (κ1) is 14.7. The average molecular weight is 255 g/mol. The molecule has 0 spiro atoms. The van der Waals surface area contributed by atoms with E-state index >= 15 is 0 Å². The van der Waals surface area contributed by atoms with Crippen molar-refractivity contribution in [3.8, 4) is 0 Å². The Morgan fingerprint density at radius 3 is 2.59 bits per heavy atom. The van der Waals surface area contributed by atoms with Gasteiger partial charge in [0.1, 0.15) is 0 Å². The fourth-order valence-corrected chi connectivity index (χ4v) is 3.03. The molecule has 1 N–H and O–H groups in total. The number of unbranched alkanes of at least 4 members (excludes halogenated alkanes) is 1. The van der Waals surface area contributed by atoms with Crippen LogP contribution >= 0.6 is 11.3 Å². The molecule has 1 rings (SSSR count). The summed E-state index contributed by atoms with van der Waals surface area (Å²) >= 11 is 1.74. The third-order valence-corrected chi connectivity index (χ3v) is 4.87. The molecule has 17 heavy (non-hydrogen) atoms. The van der Waals surface area contributed by atoms with Gasteiger partial charge in [-0.15, -0.1) is 11.3 Å². The molecule has 0 aliphatic carbocycles. The largest absolute Gasteiger partial charge is 0.396 e. The Bertz CT molecular complexity index is 318. The van der Waals surface area contributed by atoms with Gasteiger partial charge in [-0.25, -0.2) is 4.98 Å². The van der Waals surface area contributed by atoms with E-state index in [2.05, 4.69) is 25.8 Å². The number of thiazole rings is 1. The summed E-state index contributed by atoms with van der Waals surface area (Å²) in [4.78, 5) is 5.67. The van der Waals surface area contributed by atoms with Gasteiger partial charge in [-0.2, -0.15) is 0 Å². The Kier molecular flexibility index (Phi) is 6.14. The molecule has 1 heterocycles. The molecule has 0 aliphatic rings. The number of hydrogen-bond acceptors (Lipinski definition) is 3. The zero-order chi connectivity index (χ0) is 12.7. The fourth-order valence-electron chi connectivity index (χ4n) is 2.25. The molecule has 0 fully saturated rings. The summed E-state index contributed by atoms with van der Waals surface area (Å²) in [5.74, 6) is 0. The molecule has 3 heteroatoms. The van der Waals surface area contributed by atoms with Gasteiger partial charge in [0.25, 0.3) is 0 Å². The van der Waals surface area contributed by atoms with Crippen LogP contribution in [0.4, 0.5) is 0 Å². The van der Waals surface area contributed by atoms with Crippen molar-refractivity contribution in [2.45, 2.75) is 59.3 Å². The third-order valence-electron chi connectivity index (χ3n) is 3.87. The lowest BCUT2D eigenvalue weighted by atomic mass is 9.77. The van der Waals surface area contributed by atoms with Gasteiger partial charge in [-0.05, 0) is 38.0 Å². The zero-order valence-corrected chi connectivity index (χ0v) is 12.1. The van der Waals surface area contributed by atoms with Gasteiger partial charge in [0.2, 0.25) is 0 Å². The van der Waals surface area contributed by atoms with Crippen LogP contribution in [0.25, 0.3) is 0 Å². The fraction of sp³-hybridized carbons (Fsp3) is 0.786. The number of aliphatic hydroxyl groups is 1. The van der Waals surface area contributed by atoms with Crippen molar-refractivity contribution in [1.82, 2.24) is 4.98 Å². The first-order valence-corrected chi connectivity index (χ1v) is 7.55. The van der Waals surface area contributed by atoms with Crippen molar-refractivity contribution < 1.29 is 5.11 Å². The summed E-state index contributed by atoms with van der Waals surface area (Å²) in [6.45, 7) is 6.81. The van der Waals surface area contributed by atoms with E-state index in [0.29, 0.717) is 6.61 Å². The molecule has 0 amide bonds. The van der Waals surface area contributed by atoms with Crippen molar-refractivity contribution >= 4 is 11.3 Å². The maximum Gasteiger partial charge on any atom is 0.0797 e. The normalized spacial score (nSPS) is 14.8. The highest BCUT2D eigenvalue weighted by molar-refractivity contribution is 7.09. The van der Waals surface area contributed by atoms with E-state index in [9.17, 15) is 5.11 Å². The van der Waals surface area contributed by atoms with E-state index in [1.165, 1.54) is 17.7 Å².